The van der Waals surface area contributed by atoms with Crippen molar-refractivity contribution in [2.75, 3.05) is 19.7 Å². The van der Waals surface area contributed by atoms with Crippen LogP contribution in [0.4, 0.5) is 0 Å². The van der Waals surface area contributed by atoms with Crippen molar-refractivity contribution >= 4 is 5.91 Å². The van der Waals surface area contributed by atoms with Crippen LogP contribution in [0, 0.1) is 5.92 Å². The Morgan fingerprint density at radius 3 is 3.00 bits per heavy atom. The molecule has 2 saturated heterocycles. The van der Waals surface area contributed by atoms with Gasteiger partial charge in [-0.05, 0) is 43.7 Å². The SMILES string of the molecule is Cn1cccc1C(=O)N[C@@H]1CN(CC2CC2)[C@H]2CCCO[C@@H]12. The van der Waals surface area contributed by atoms with Gasteiger partial charge in [0.05, 0.1) is 12.1 Å². The Balaban J connectivity index is 1.46. The van der Waals surface area contributed by atoms with E-state index in [0.717, 1.165) is 25.5 Å². The highest BCUT2D eigenvalue weighted by Crippen LogP contribution is 2.35. The number of aryl methyl sites for hydroxylation is 1. The summed E-state index contributed by atoms with van der Waals surface area (Å²) in [5.41, 5.74) is 0.716. The van der Waals surface area contributed by atoms with Gasteiger partial charge in [0.1, 0.15) is 5.69 Å². The molecular formula is C17H25N3O2. The fraction of sp³-hybridized carbons (Fsp3) is 0.706. The molecule has 120 valence electrons. The molecule has 3 heterocycles. The van der Waals surface area contributed by atoms with Crippen molar-refractivity contribution in [2.45, 2.75) is 43.9 Å². The molecule has 5 nitrogen and oxygen atoms in total. The smallest absolute Gasteiger partial charge is 0.268 e. The maximum atomic E-state index is 12.5. The highest BCUT2D eigenvalue weighted by molar-refractivity contribution is 5.93. The summed E-state index contributed by atoms with van der Waals surface area (Å²) in [6, 6.07) is 4.38. The van der Waals surface area contributed by atoms with Crippen LogP contribution >= 0.6 is 0 Å². The van der Waals surface area contributed by atoms with Crippen LogP contribution in [-0.2, 0) is 11.8 Å². The van der Waals surface area contributed by atoms with Gasteiger partial charge in [-0.2, -0.15) is 0 Å². The second-order valence-electron chi connectivity index (χ2n) is 7.03. The van der Waals surface area contributed by atoms with E-state index in [9.17, 15) is 4.79 Å². The summed E-state index contributed by atoms with van der Waals surface area (Å²) in [5, 5.41) is 3.22. The van der Waals surface area contributed by atoms with Gasteiger partial charge >= 0.3 is 0 Å². The van der Waals surface area contributed by atoms with Crippen LogP contribution in [0.5, 0.6) is 0 Å². The van der Waals surface area contributed by atoms with E-state index in [0.29, 0.717) is 11.7 Å². The molecule has 4 rings (SSSR count). The van der Waals surface area contributed by atoms with Crippen molar-refractivity contribution in [3.05, 3.63) is 24.0 Å². The van der Waals surface area contributed by atoms with Crippen LogP contribution in [-0.4, -0.2) is 53.3 Å². The van der Waals surface area contributed by atoms with E-state index >= 15 is 0 Å². The Labute approximate surface area is 131 Å². The third-order valence-corrected chi connectivity index (χ3v) is 5.31. The number of carbonyl (C=O) groups excluding carboxylic acids is 1. The Hall–Kier alpha value is -1.33. The largest absolute Gasteiger partial charge is 0.374 e. The van der Waals surface area contributed by atoms with E-state index < -0.39 is 0 Å². The lowest BCUT2D eigenvalue weighted by atomic mass is 10.0. The number of hydrogen-bond donors (Lipinski definition) is 1. The zero-order chi connectivity index (χ0) is 15.1. The molecule has 0 radical (unpaired) electrons. The molecule has 3 atom stereocenters. The Bertz CT molecular complexity index is 552. The highest BCUT2D eigenvalue weighted by Gasteiger charge is 2.45. The molecule has 3 fully saturated rings. The maximum absolute atomic E-state index is 12.5. The highest BCUT2D eigenvalue weighted by atomic mass is 16.5. The van der Waals surface area contributed by atoms with Gasteiger partial charge in [0.15, 0.2) is 0 Å². The monoisotopic (exact) mass is 303 g/mol. The number of ether oxygens (including phenoxy) is 1. The van der Waals surface area contributed by atoms with Crippen LogP contribution < -0.4 is 5.32 Å². The second-order valence-corrected chi connectivity index (χ2v) is 7.03. The summed E-state index contributed by atoms with van der Waals surface area (Å²) >= 11 is 0. The number of nitrogens with zero attached hydrogens (tertiary/aromatic N) is 2. The van der Waals surface area contributed by atoms with Crippen molar-refractivity contribution < 1.29 is 9.53 Å². The molecule has 3 aliphatic rings. The standard InChI is InChI=1S/C17H25N3O2/c1-19-8-2-4-15(19)17(21)18-13-11-20(10-12-6-7-12)14-5-3-9-22-16(13)14/h2,4,8,12-14,16H,3,5-7,9-11H2,1H3,(H,18,21)/t13-,14+,16+/m1/s1. The first-order valence-electron chi connectivity index (χ1n) is 8.50. The summed E-state index contributed by atoms with van der Waals surface area (Å²) in [6.07, 6.45) is 7.15. The molecular weight excluding hydrogens is 278 g/mol. The molecule has 22 heavy (non-hydrogen) atoms. The van der Waals surface area contributed by atoms with Gasteiger partial charge in [-0.25, -0.2) is 0 Å². The van der Waals surface area contributed by atoms with Crippen LogP contribution in [0.25, 0.3) is 0 Å². The lowest BCUT2D eigenvalue weighted by molar-refractivity contribution is -0.0205. The van der Waals surface area contributed by atoms with Crippen LogP contribution in [0.1, 0.15) is 36.2 Å². The van der Waals surface area contributed by atoms with Crippen LogP contribution in [0.3, 0.4) is 0 Å². The van der Waals surface area contributed by atoms with Gasteiger partial charge in [-0.1, -0.05) is 0 Å². The molecule has 1 aromatic heterocycles. The zero-order valence-corrected chi connectivity index (χ0v) is 13.2. The topological polar surface area (TPSA) is 46.5 Å². The fourth-order valence-corrected chi connectivity index (χ4v) is 3.96. The summed E-state index contributed by atoms with van der Waals surface area (Å²) in [5.74, 6) is 0.892. The van der Waals surface area contributed by atoms with Crippen molar-refractivity contribution in [1.82, 2.24) is 14.8 Å². The third-order valence-electron chi connectivity index (χ3n) is 5.31. The lowest BCUT2D eigenvalue weighted by Crippen LogP contribution is -2.47. The summed E-state index contributed by atoms with van der Waals surface area (Å²) in [7, 11) is 1.91. The number of amides is 1. The first kappa shape index (κ1) is 14.3. The molecule has 1 aliphatic carbocycles. The summed E-state index contributed by atoms with van der Waals surface area (Å²) in [6.45, 7) is 2.94. The van der Waals surface area contributed by atoms with Crippen molar-refractivity contribution in [3.63, 3.8) is 0 Å². The number of likely N-dealkylation sites (tertiary alicyclic amines) is 1. The van der Waals surface area contributed by atoms with Gasteiger partial charge < -0.3 is 14.6 Å². The quantitative estimate of drug-likeness (QED) is 0.914. The molecule has 0 unspecified atom stereocenters. The fourth-order valence-electron chi connectivity index (χ4n) is 3.96. The second kappa shape index (κ2) is 5.70. The van der Waals surface area contributed by atoms with E-state index in [2.05, 4.69) is 10.2 Å². The number of hydrogen-bond acceptors (Lipinski definition) is 3. The number of rotatable bonds is 4. The minimum atomic E-state index is 0.0127. The Kier molecular flexibility index (Phi) is 3.70. The summed E-state index contributed by atoms with van der Waals surface area (Å²) in [4.78, 5) is 15.1. The van der Waals surface area contributed by atoms with E-state index in [-0.39, 0.29) is 18.1 Å². The van der Waals surface area contributed by atoms with Crippen LogP contribution in [0.2, 0.25) is 0 Å². The van der Waals surface area contributed by atoms with E-state index in [1.54, 1.807) is 0 Å². The minimum Gasteiger partial charge on any atom is -0.374 e. The number of carbonyl (C=O) groups is 1. The molecule has 0 spiro atoms. The molecule has 1 amide bonds. The predicted molar refractivity (Wildman–Crippen MR) is 83.7 cm³/mol. The summed E-state index contributed by atoms with van der Waals surface area (Å²) < 4.78 is 7.90. The molecule has 1 saturated carbocycles. The molecule has 2 aliphatic heterocycles. The molecule has 0 bridgehead atoms. The van der Waals surface area contributed by atoms with E-state index in [1.165, 1.54) is 25.8 Å². The first-order valence-corrected chi connectivity index (χ1v) is 8.50. The van der Waals surface area contributed by atoms with Gasteiger partial charge in [0, 0.05) is 39.0 Å². The van der Waals surface area contributed by atoms with Crippen molar-refractivity contribution in [1.29, 1.82) is 0 Å². The minimum absolute atomic E-state index is 0.0127. The normalized spacial score (nSPS) is 32.0. The van der Waals surface area contributed by atoms with Gasteiger partial charge in [-0.15, -0.1) is 0 Å². The number of aromatic nitrogens is 1. The van der Waals surface area contributed by atoms with Crippen molar-refractivity contribution in [2.24, 2.45) is 13.0 Å². The molecule has 1 N–H and O–H groups in total. The average molecular weight is 303 g/mol. The van der Waals surface area contributed by atoms with Crippen LogP contribution in [0.15, 0.2) is 18.3 Å². The maximum Gasteiger partial charge on any atom is 0.268 e. The lowest BCUT2D eigenvalue weighted by Gasteiger charge is -2.32. The third kappa shape index (κ3) is 2.68. The van der Waals surface area contributed by atoms with E-state index in [4.69, 9.17) is 4.74 Å². The van der Waals surface area contributed by atoms with Gasteiger partial charge in [-0.3, -0.25) is 9.69 Å². The predicted octanol–water partition coefficient (Wildman–Crippen LogP) is 1.40. The van der Waals surface area contributed by atoms with E-state index in [1.807, 2.05) is 29.9 Å². The van der Waals surface area contributed by atoms with Crippen molar-refractivity contribution in [3.8, 4) is 0 Å². The first-order chi connectivity index (χ1) is 10.7. The Morgan fingerprint density at radius 1 is 1.41 bits per heavy atom. The average Bonchev–Trinajstić information content (AvgIpc) is 3.13. The molecule has 5 heteroatoms. The Morgan fingerprint density at radius 2 is 2.27 bits per heavy atom. The molecule has 1 aromatic rings. The molecule has 0 aromatic carbocycles. The number of nitrogens with one attached hydrogen (secondary N) is 1. The van der Waals surface area contributed by atoms with Gasteiger partial charge in [0.25, 0.3) is 5.91 Å². The zero-order valence-electron chi connectivity index (χ0n) is 13.2. The number of fused-ring (bicyclic) bond motifs is 1. The van der Waals surface area contributed by atoms with Gasteiger partial charge in [0.2, 0.25) is 0 Å².